The second-order valence-electron chi connectivity index (χ2n) is 4.58. The van der Waals surface area contributed by atoms with Crippen LogP contribution in [0.25, 0.3) is 0 Å². The van der Waals surface area contributed by atoms with Crippen LogP contribution >= 0.6 is 11.6 Å². The number of alkyl halides is 1. The molecule has 8 heteroatoms. The van der Waals surface area contributed by atoms with Crippen molar-refractivity contribution in [3.05, 3.63) is 0 Å². The van der Waals surface area contributed by atoms with Gasteiger partial charge in [0.15, 0.2) is 15.9 Å². The van der Waals surface area contributed by atoms with Gasteiger partial charge in [-0.15, -0.1) is 0 Å². The number of sulfone groups is 1. The van der Waals surface area contributed by atoms with Crippen LogP contribution < -0.4 is 0 Å². The zero-order chi connectivity index (χ0) is 13.0. The third-order valence-corrected chi connectivity index (χ3v) is 6.30. The van der Waals surface area contributed by atoms with Crippen molar-refractivity contribution in [1.29, 1.82) is 0 Å². The highest BCUT2D eigenvalue weighted by molar-refractivity contribution is 7.93. The Morgan fingerprint density at radius 2 is 2.18 bits per heavy atom. The lowest BCUT2D eigenvalue weighted by molar-refractivity contribution is -0.160. The van der Waals surface area contributed by atoms with Gasteiger partial charge in [-0.05, 0) is 13.8 Å². The number of esters is 1. The van der Waals surface area contributed by atoms with E-state index in [1.54, 1.807) is 0 Å². The molecule has 0 aromatic heterocycles. The lowest BCUT2D eigenvalue weighted by Crippen LogP contribution is -2.57. The average Bonchev–Trinajstić information content (AvgIpc) is 2.32. The number of fused-ring (bicyclic) bond motifs is 1. The smallest absolute Gasteiger partial charge is 0.331 e. The molecule has 2 saturated heterocycles. The zero-order valence-electron chi connectivity index (χ0n) is 9.34. The highest BCUT2D eigenvalue weighted by Crippen LogP contribution is 2.45. The van der Waals surface area contributed by atoms with Gasteiger partial charge in [-0.25, -0.2) is 13.2 Å². The molecule has 1 amide bonds. The summed E-state index contributed by atoms with van der Waals surface area (Å²) in [7, 11) is -3.55. The fourth-order valence-corrected chi connectivity index (χ4v) is 4.57. The lowest BCUT2D eigenvalue weighted by Gasteiger charge is -2.35. The van der Waals surface area contributed by atoms with Crippen LogP contribution in [-0.4, -0.2) is 47.4 Å². The molecule has 0 radical (unpaired) electrons. The van der Waals surface area contributed by atoms with E-state index in [-0.39, 0.29) is 18.4 Å². The van der Waals surface area contributed by atoms with E-state index in [0.29, 0.717) is 0 Å². The number of hydrogen-bond donors (Lipinski definition) is 0. The van der Waals surface area contributed by atoms with Crippen molar-refractivity contribution in [2.24, 2.45) is 0 Å². The molecular weight excluding hydrogens is 270 g/mol. The fourth-order valence-electron chi connectivity index (χ4n) is 2.34. The molecule has 6 nitrogen and oxygen atoms in total. The van der Waals surface area contributed by atoms with Crippen LogP contribution in [0.2, 0.25) is 0 Å². The molecule has 96 valence electrons. The molecule has 0 N–H and O–H groups in total. The molecule has 2 rings (SSSR count). The highest BCUT2D eigenvalue weighted by atomic mass is 35.5. The number of carbonyl (C=O) groups is 2. The van der Waals surface area contributed by atoms with Crippen molar-refractivity contribution in [1.82, 2.24) is 4.90 Å². The molecule has 1 unspecified atom stereocenters. The maximum atomic E-state index is 12.1. The summed E-state index contributed by atoms with van der Waals surface area (Å²) in [6.45, 7) is 2.85. The summed E-state index contributed by atoms with van der Waals surface area (Å²) < 4.78 is 27.5. The van der Waals surface area contributed by atoms with Crippen molar-refractivity contribution >= 4 is 33.3 Å². The first kappa shape index (κ1) is 12.6. The number of hydrogen-bond acceptors (Lipinski definition) is 5. The minimum absolute atomic E-state index is 0.0591. The van der Waals surface area contributed by atoms with Crippen LogP contribution in [0.5, 0.6) is 0 Å². The Morgan fingerprint density at radius 1 is 1.59 bits per heavy atom. The Morgan fingerprint density at radius 3 is 2.65 bits per heavy atom. The Labute approximate surface area is 104 Å². The van der Waals surface area contributed by atoms with Gasteiger partial charge in [-0.2, -0.15) is 0 Å². The molecule has 0 aromatic rings. The highest BCUT2D eigenvalue weighted by Gasteiger charge is 2.68. The first-order valence-electron chi connectivity index (χ1n) is 5.02. The quantitative estimate of drug-likeness (QED) is 0.400. The van der Waals surface area contributed by atoms with Crippen molar-refractivity contribution < 1.29 is 22.7 Å². The predicted molar refractivity (Wildman–Crippen MR) is 58.8 cm³/mol. The summed E-state index contributed by atoms with van der Waals surface area (Å²) in [5.41, 5.74) is 0. The van der Waals surface area contributed by atoms with E-state index in [1.165, 1.54) is 13.8 Å². The van der Waals surface area contributed by atoms with Crippen LogP contribution in [0.15, 0.2) is 0 Å². The van der Waals surface area contributed by atoms with Crippen LogP contribution in [-0.2, 0) is 24.2 Å². The van der Waals surface area contributed by atoms with E-state index >= 15 is 0 Å². The summed E-state index contributed by atoms with van der Waals surface area (Å²) in [6, 6.07) is -1.46. The summed E-state index contributed by atoms with van der Waals surface area (Å²) in [5, 5.41) is -0.891. The molecule has 2 aliphatic rings. The molecule has 0 aliphatic carbocycles. The third kappa shape index (κ3) is 1.41. The third-order valence-electron chi connectivity index (χ3n) is 3.40. The van der Waals surface area contributed by atoms with Crippen molar-refractivity contribution in [3.63, 3.8) is 0 Å². The van der Waals surface area contributed by atoms with Gasteiger partial charge in [0.25, 0.3) is 0 Å². The van der Waals surface area contributed by atoms with E-state index in [0.717, 1.165) is 4.90 Å². The number of amides is 1. The maximum Gasteiger partial charge on any atom is 0.331 e. The summed E-state index contributed by atoms with van der Waals surface area (Å²) >= 11 is 5.28. The van der Waals surface area contributed by atoms with Crippen LogP contribution in [0.4, 0.5) is 0 Å². The monoisotopic (exact) mass is 281 g/mol. The van der Waals surface area contributed by atoms with Gasteiger partial charge >= 0.3 is 5.97 Å². The standard InChI is InChI=1S/C9H12ClNO5S/c1-9(2)7(8(13)16-4-10)11-5(12)3-6(11)17(9,14)15/h6-7H,3-4H2,1-2H3/t6?,7-/m0/s1. The topological polar surface area (TPSA) is 80.8 Å². The molecule has 0 aromatic carbocycles. The van der Waals surface area contributed by atoms with Crippen LogP contribution in [0.1, 0.15) is 20.3 Å². The molecular formula is C9H12ClNO5S. The predicted octanol–water partition coefficient (Wildman–Crippen LogP) is -0.140. The maximum absolute atomic E-state index is 12.1. The molecule has 0 saturated carbocycles. The van der Waals surface area contributed by atoms with Gasteiger partial charge in [0.1, 0.15) is 11.4 Å². The van der Waals surface area contributed by atoms with Gasteiger partial charge < -0.3 is 9.64 Å². The Hall–Kier alpha value is -0.820. The van der Waals surface area contributed by atoms with Gasteiger partial charge in [-0.3, -0.25) is 4.79 Å². The second-order valence-corrected chi connectivity index (χ2v) is 7.49. The summed E-state index contributed by atoms with van der Waals surface area (Å²) in [4.78, 5) is 24.2. The van der Waals surface area contributed by atoms with E-state index in [9.17, 15) is 18.0 Å². The summed E-state index contributed by atoms with van der Waals surface area (Å²) in [5.74, 6) is -1.12. The Balaban J connectivity index is 2.44. The number of rotatable bonds is 2. The number of nitrogens with zero attached hydrogens (tertiary/aromatic N) is 1. The molecule has 0 spiro atoms. The molecule has 2 atom stereocenters. The first-order chi connectivity index (χ1) is 7.75. The van der Waals surface area contributed by atoms with E-state index in [1.807, 2.05) is 0 Å². The van der Waals surface area contributed by atoms with Gasteiger partial charge in [0.05, 0.1) is 11.2 Å². The summed E-state index contributed by atoms with van der Waals surface area (Å²) in [6.07, 6.45) is -0.0591. The Bertz CT molecular complexity index is 486. The van der Waals surface area contributed by atoms with Crippen LogP contribution in [0, 0.1) is 0 Å². The molecule has 2 aliphatic heterocycles. The zero-order valence-corrected chi connectivity index (χ0v) is 10.9. The van der Waals surface area contributed by atoms with Gasteiger partial charge in [0.2, 0.25) is 5.91 Å². The number of β-lactam (4-membered cyclic amide) rings is 1. The second kappa shape index (κ2) is 3.58. The van der Waals surface area contributed by atoms with Crippen molar-refractivity contribution in [2.75, 3.05) is 6.07 Å². The lowest BCUT2D eigenvalue weighted by atomic mass is 9.98. The van der Waals surface area contributed by atoms with Gasteiger partial charge in [0, 0.05) is 0 Å². The first-order valence-corrected chi connectivity index (χ1v) is 7.10. The molecule has 2 fully saturated rings. The Kier molecular flexibility index (Phi) is 2.66. The van der Waals surface area contributed by atoms with E-state index in [4.69, 9.17) is 11.6 Å². The number of carbonyl (C=O) groups excluding carboxylic acids is 2. The van der Waals surface area contributed by atoms with Gasteiger partial charge in [-0.1, -0.05) is 11.6 Å². The van der Waals surface area contributed by atoms with Crippen LogP contribution in [0.3, 0.4) is 0 Å². The minimum atomic E-state index is -3.55. The number of halogens is 1. The fraction of sp³-hybridized carbons (Fsp3) is 0.778. The SMILES string of the molecule is CC1(C)[C@H](C(=O)OCCl)N2C(=O)CC2S1(=O)=O. The number of ether oxygens (including phenoxy) is 1. The largest absolute Gasteiger partial charge is 0.448 e. The molecule has 0 bridgehead atoms. The molecule has 2 heterocycles. The average molecular weight is 282 g/mol. The normalized spacial score (nSPS) is 32.9. The van der Waals surface area contributed by atoms with Crippen molar-refractivity contribution in [3.8, 4) is 0 Å². The molecule has 17 heavy (non-hydrogen) atoms. The van der Waals surface area contributed by atoms with E-state index in [2.05, 4.69) is 4.74 Å². The minimum Gasteiger partial charge on any atom is -0.448 e. The van der Waals surface area contributed by atoms with E-state index < -0.39 is 32.0 Å². The van der Waals surface area contributed by atoms with Crippen molar-refractivity contribution in [2.45, 2.75) is 36.4 Å².